The Labute approximate surface area is 160 Å². The minimum absolute atomic E-state index is 0.139. The number of carbonyl (C=O) groups is 1. The number of amides is 1. The van der Waals surface area contributed by atoms with E-state index in [4.69, 9.17) is 4.42 Å². The van der Waals surface area contributed by atoms with Crippen LogP contribution in [0.15, 0.2) is 44.7 Å². The molecule has 0 aliphatic carbocycles. The first-order valence-corrected chi connectivity index (χ1v) is 9.19. The fourth-order valence-electron chi connectivity index (χ4n) is 3.64. The van der Waals surface area contributed by atoms with E-state index in [2.05, 4.69) is 9.88 Å². The molecule has 0 aromatic carbocycles. The van der Waals surface area contributed by atoms with Crippen LogP contribution in [-0.4, -0.2) is 51.1 Å². The molecular weight excluding hydrogens is 362 g/mol. The average Bonchev–Trinajstić information content (AvgIpc) is 3.26. The van der Waals surface area contributed by atoms with Crippen LogP contribution in [0.25, 0.3) is 11.0 Å². The molecule has 9 nitrogen and oxygen atoms in total. The van der Waals surface area contributed by atoms with Crippen LogP contribution in [0.3, 0.4) is 0 Å². The van der Waals surface area contributed by atoms with Crippen molar-refractivity contribution >= 4 is 22.6 Å². The van der Waals surface area contributed by atoms with Gasteiger partial charge in [0.15, 0.2) is 11.4 Å². The van der Waals surface area contributed by atoms with E-state index in [0.717, 1.165) is 5.69 Å². The van der Waals surface area contributed by atoms with Gasteiger partial charge in [-0.1, -0.05) is 0 Å². The molecule has 146 valence electrons. The van der Waals surface area contributed by atoms with Crippen LogP contribution >= 0.6 is 0 Å². The second-order valence-corrected chi connectivity index (χ2v) is 6.68. The van der Waals surface area contributed by atoms with Gasteiger partial charge in [-0.15, -0.1) is 0 Å². The van der Waals surface area contributed by atoms with Crippen molar-refractivity contribution in [1.29, 1.82) is 0 Å². The lowest BCUT2D eigenvalue weighted by Crippen LogP contribution is -2.49. The molecule has 1 aliphatic rings. The Kier molecular flexibility index (Phi) is 4.50. The van der Waals surface area contributed by atoms with Crippen LogP contribution in [0.2, 0.25) is 0 Å². The molecular formula is C19H21N5O4. The number of pyridine rings is 1. The van der Waals surface area contributed by atoms with E-state index in [1.54, 1.807) is 43.3 Å². The topological polar surface area (TPSA) is 93.6 Å². The number of fused-ring (bicyclic) bond motifs is 1. The molecule has 1 aliphatic heterocycles. The van der Waals surface area contributed by atoms with Gasteiger partial charge >= 0.3 is 5.69 Å². The number of aromatic nitrogens is 3. The van der Waals surface area contributed by atoms with Crippen LogP contribution in [0.1, 0.15) is 17.5 Å². The molecule has 4 heterocycles. The minimum atomic E-state index is -0.376. The monoisotopic (exact) mass is 383 g/mol. The number of aryl methyl sites for hydroxylation is 1. The average molecular weight is 383 g/mol. The first-order chi connectivity index (χ1) is 13.5. The summed E-state index contributed by atoms with van der Waals surface area (Å²) in [5.74, 6) is 0.184. The highest BCUT2D eigenvalue weighted by molar-refractivity contribution is 5.92. The Bertz CT molecular complexity index is 1140. The predicted octanol–water partition coefficient (Wildman–Crippen LogP) is 0.670. The third-order valence-corrected chi connectivity index (χ3v) is 5.16. The van der Waals surface area contributed by atoms with Crippen LogP contribution in [0, 0.1) is 0 Å². The summed E-state index contributed by atoms with van der Waals surface area (Å²) in [5, 5.41) is 0.428. The maximum Gasteiger partial charge on any atom is 0.332 e. The number of furan rings is 1. The Morgan fingerprint density at radius 1 is 1.18 bits per heavy atom. The predicted molar refractivity (Wildman–Crippen MR) is 104 cm³/mol. The zero-order valence-corrected chi connectivity index (χ0v) is 15.8. The first kappa shape index (κ1) is 18.0. The Morgan fingerprint density at radius 3 is 2.57 bits per heavy atom. The number of anilines is 1. The lowest BCUT2D eigenvalue weighted by Gasteiger charge is -2.36. The van der Waals surface area contributed by atoms with Crippen molar-refractivity contribution in [2.75, 3.05) is 31.1 Å². The Hall–Kier alpha value is -3.36. The molecule has 1 saturated heterocycles. The van der Waals surface area contributed by atoms with Crippen molar-refractivity contribution in [3.63, 3.8) is 0 Å². The number of nitrogens with zero attached hydrogens (tertiary/aromatic N) is 5. The molecule has 0 radical (unpaired) electrons. The molecule has 9 heteroatoms. The van der Waals surface area contributed by atoms with Gasteiger partial charge in [0, 0.05) is 46.0 Å². The number of hydrogen-bond donors (Lipinski definition) is 0. The van der Waals surface area contributed by atoms with E-state index in [9.17, 15) is 14.4 Å². The fourth-order valence-corrected chi connectivity index (χ4v) is 3.64. The molecule has 28 heavy (non-hydrogen) atoms. The summed E-state index contributed by atoms with van der Waals surface area (Å²) >= 11 is 0. The molecule has 0 unspecified atom stereocenters. The summed E-state index contributed by atoms with van der Waals surface area (Å²) in [5.41, 5.74) is 0.389. The maximum atomic E-state index is 12.9. The summed E-state index contributed by atoms with van der Waals surface area (Å²) in [7, 11) is 1.62. The minimum Gasteiger partial charge on any atom is -0.459 e. The van der Waals surface area contributed by atoms with Crippen molar-refractivity contribution in [3.8, 4) is 0 Å². The molecule has 0 N–H and O–H groups in total. The van der Waals surface area contributed by atoms with E-state index < -0.39 is 0 Å². The van der Waals surface area contributed by atoms with Crippen LogP contribution in [-0.2, 0) is 13.6 Å². The number of hydrogen-bond acceptors (Lipinski definition) is 6. The molecule has 1 fully saturated rings. The van der Waals surface area contributed by atoms with E-state index in [0.29, 0.717) is 49.5 Å². The van der Waals surface area contributed by atoms with Crippen molar-refractivity contribution < 1.29 is 9.21 Å². The molecule has 0 bridgehead atoms. The van der Waals surface area contributed by atoms with Gasteiger partial charge in [0.1, 0.15) is 5.39 Å². The third-order valence-electron chi connectivity index (χ3n) is 5.16. The zero-order valence-electron chi connectivity index (χ0n) is 15.8. The van der Waals surface area contributed by atoms with Crippen molar-refractivity contribution in [2.24, 2.45) is 7.05 Å². The Balaban J connectivity index is 1.68. The lowest BCUT2D eigenvalue weighted by atomic mass is 10.2. The quantitative estimate of drug-likeness (QED) is 0.660. The molecule has 0 saturated carbocycles. The number of carbonyl (C=O) groups excluding carboxylic acids is 1. The normalized spacial score (nSPS) is 14.6. The van der Waals surface area contributed by atoms with Crippen molar-refractivity contribution in [1.82, 2.24) is 19.0 Å². The van der Waals surface area contributed by atoms with Gasteiger partial charge in [0.25, 0.3) is 11.5 Å². The van der Waals surface area contributed by atoms with Crippen LogP contribution in [0.4, 0.5) is 5.69 Å². The molecule has 3 aromatic heterocycles. The summed E-state index contributed by atoms with van der Waals surface area (Å²) in [6.45, 7) is 4.22. The summed E-state index contributed by atoms with van der Waals surface area (Å²) < 4.78 is 7.81. The molecule has 3 aromatic rings. The highest BCUT2D eigenvalue weighted by Crippen LogP contribution is 2.23. The number of rotatable bonds is 3. The molecule has 4 rings (SSSR count). The highest BCUT2D eigenvalue weighted by atomic mass is 16.3. The van der Waals surface area contributed by atoms with Gasteiger partial charge in [0.05, 0.1) is 12.0 Å². The molecule has 0 spiro atoms. The number of piperazine rings is 1. The van der Waals surface area contributed by atoms with Gasteiger partial charge in [-0.05, 0) is 25.1 Å². The summed E-state index contributed by atoms with van der Waals surface area (Å²) in [4.78, 5) is 45.8. The first-order valence-electron chi connectivity index (χ1n) is 9.19. The second kappa shape index (κ2) is 6.99. The van der Waals surface area contributed by atoms with Gasteiger partial charge in [-0.3, -0.25) is 18.7 Å². The van der Waals surface area contributed by atoms with Crippen molar-refractivity contribution in [3.05, 3.63) is 57.3 Å². The van der Waals surface area contributed by atoms with Crippen LogP contribution in [0.5, 0.6) is 0 Å². The van der Waals surface area contributed by atoms with Gasteiger partial charge in [-0.2, -0.15) is 0 Å². The smallest absolute Gasteiger partial charge is 0.332 e. The van der Waals surface area contributed by atoms with E-state index >= 15 is 0 Å². The maximum absolute atomic E-state index is 12.9. The van der Waals surface area contributed by atoms with E-state index in [1.165, 1.54) is 15.4 Å². The van der Waals surface area contributed by atoms with Gasteiger partial charge < -0.3 is 14.2 Å². The second-order valence-electron chi connectivity index (χ2n) is 6.68. The summed E-state index contributed by atoms with van der Waals surface area (Å²) in [6.07, 6.45) is 3.09. The lowest BCUT2D eigenvalue weighted by molar-refractivity contribution is 0.0715. The fraction of sp³-hybridized carbons (Fsp3) is 0.368. The van der Waals surface area contributed by atoms with Gasteiger partial charge in [0.2, 0.25) is 0 Å². The van der Waals surface area contributed by atoms with Gasteiger partial charge in [-0.25, -0.2) is 9.78 Å². The molecule has 1 amide bonds. The van der Waals surface area contributed by atoms with E-state index in [1.807, 2.05) is 0 Å². The Morgan fingerprint density at radius 2 is 1.93 bits per heavy atom. The summed E-state index contributed by atoms with van der Waals surface area (Å²) in [6, 6.07) is 5.13. The third kappa shape index (κ3) is 2.79. The van der Waals surface area contributed by atoms with Crippen molar-refractivity contribution in [2.45, 2.75) is 13.5 Å². The molecule has 0 atom stereocenters. The van der Waals surface area contributed by atoms with Crippen LogP contribution < -0.4 is 16.1 Å². The highest BCUT2D eigenvalue weighted by Gasteiger charge is 2.26. The van der Waals surface area contributed by atoms with E-state index in [-0.39, 0.29) is 17.2 Å². The SMILES string of the molecule is CCn1c(=O)c2c(N3CCN(C(=O)c4ccco4)CC3)ccnc2n(C)c1=O. The zero-order chi connectivity index (χ0) is 19.8. The standard InChI is InChI=1S/C19H21N5O4/c1-3-24-18(26)15-13(6-7-20-16(15)21(2)19(24)27)22-8-10-23(11-9-22)17(25)14-5-4-12-28-14/h4-7,12H,3,8-11H2,1-2H3. The largest absolute Gasteiger partial charge is 0.459 e.